The van der Waals surface area contributed by atoms with E-state index in [0.29, 0.717) is 22.5 Å². The topological polar surface area (TPSA) is 112 Å². The van der Waals surface area contributed by atoms with Gasteiger partial charge in [0.1, 0.15) is 5.84 Å². The maximum atomic E-state index is 8.50. The predicted octanol–water partition coefficient (Wildman–Crippen LogP) is 5.36. The van der Waals surface area contributed by atoms with Crippen molar-refractivity contribution >= 4 is 17.2 Å². The van der Waals surface area contributed by atoms with Crippen molar-refractivity contribution in [1.29, 1.82) is 10.8 Å². The van der Waals surface area contributed by atoms with Gasteiger partial charge in [-0.2, -0.15) is 0 Å². The number of rotatable bonds is 6. The summed E-state index contributed by atoms with van der Waals surface area (Å²) in [5, 5.41) is 19.3. The molecule has 1 atom stereocenters. The van der Waals surface area contributed by atoms with Crippen LogP contribution in [0.15, 0.2) is 67.1 Å². The monoisotopic (exact) mass is 407 g/mol. The molecule has 2 rings (SSSR count). The number of nitrogens with one attached hydrogen (secondary N) is 3. The van der Waals surface area contributed by atoms with E-state index in [-0.39, 0.29) is 11.8 Å². The minimum absolute atomic E-state index is 0.0280. The smallest absolute Gasteiger partial charge is 0.122 e. The molecule has 1 aliphatic rings. The van der Waals surface area contributed by atoms with Gasteiger partial charge in [-0.1, -0.05) is 45.6 Å². The maximum Gasteiger partial charge on any atom is 0.122 e. The van der Waals surface area contributed by atoms with E-state index in [0.717, 1.165) is 24.2 Å². The minimum Gasteiger partial charge on any atom is -0.398 e. The van der Waals surface area contributed by atoms with Gasteiger partial charge >= 0.3 is 0 Å². The standard InChI is InChI=1S/C18H23N5.C3H6.C2H6.C2H2/c1-3-11(2)23-14-6-4-5-12(9-14)17(20)15-10-13(18(21)22)7-8-16(15)19;1-3-2;2*1-2/h4,6-10,12,20,23H,2-3,5,19H2,1H3,(H3,21,22);3H,1H2,2H3;1-2H3;1-2H. The Morgan fingerprint density at radius 3 is 2.37 bits per heavy atom. The zero-order valence-electron chi connectivity index (χ0n) is 18.8. The van der Waals surface area contributed by atoms with Gasteiger partial charge in [0.15, 0.2) is 0 Å². The summed E-state index contributed by atoms with van der Waals surface area (Å²) in [4.78, 5) is 0. The van der Waals surface area contributed by atoms with E-state index in [4.69, 9.17) is 22.3 Å². The Morgan fingerprint density at radius 2 is 1.87 bits per heavy atom. The molecule has 0 radical (unpaired) electrons. The number of benzene rings is 1. The fraction of sp³-hybridized carbons (Fsp3) is 0.280. The minimum atomic E-state index is -0.0725. The van der Waals surface area contributed by atoms with Crippen LogP contribution in [0, 0.1) is 29.6 Å². The predicted molar refractivity (Wildman–Crippen MR) is 134 cm³/mol. The first-order valence-electron chi connectivity index (χ1n) is 9.90. The summed E-state index contributed by atoms with van der Waals surface area (Å²) in [7, 11) is 0. The molecular formula is C25H37N5. The van der Waals surface area contributed by atoms with Crippen LogP contribution in [0.3, 0.4) is 0 Å². The largest absolute Gasteiger partial charge is 0.398 e. The number of nitrogen functional groups attached to an aromatic ring is 2. The molecule has 0 aliphatic heterocycles. The molecule has 1 unspecified atom stereocenters. The van der Waals surface area contributed by atoms with E-state index < -0.39 is 0 Å². The summed E-state index contributed by atoms with van der Waals surface area (Å²) in [6.07, 6.45) is 17.4. The van der Waals surface area contributed by atoms with E-state index in [9.17, 15) is 0 Å². The molecule has 30 heavy (non-hydrogen) atoms. The van der Waals surface area contributed by atoms with E-state index in [1.54, 1.807) is 24.3 Å². The number of nitrogens with two attached hydrogens (primary N) is 2. The first-order valence-corrected chi connectivity index (χ1v) is 9.90. The van der Waals surface area contributed by atoms with Crippen molar-refractivity contribution < 1.29 is 0 Å². The molecule has 7 N–H and O–H groups in total. The highest BCUT2D eigenvalue weighted by Crippen LogP contribution is 2.24. The third-order valence-corrected chi connectivity index (χ3v) is 3.84. The van der Waals surface area contributed by atoms with Gasteiger partial charge in [0.05, 0.1) is 0 Å². The van der Waals surface area contributed by atoms with Gasteiger partial charge in [0.25, 0.3) is 0 Å². The zero-order valence-corrected chi connectivity index (χ0v) is 18.8. The van der Waals surface area contributed by atoms with Crippen LogP contribution in [-0.2, 0) is 0 Å². The Bertz CT molecular complexity index is 797. The highest BCUT2D eigenvalue weighted by atomic mass is 14.9. The van der Waals surface area contributed by atoms with Crippen molar-refractivity contribution in [3.63, 3.8) is 0 Å². The fourth-order valence-corrected chi connectivity index (χ4v) is 2.42. The van der Waals surface area contributed by atoms with Gasteiger partial charge < -0.3 is 22.2 Å². The molecule has 1 aromatic carbocycles. The zero-order chi connectivity index (χ0) is 23.7. The summed E-state index contributed by atoms with van der Waals surface area (Å²) < 4.78 is 0. The van der Waals surface area contributed by atoms with E-state index in [1.807, 2.05) is 45.9 Å². The first-order chi connectivity index (χ1) is 14.3. The summed E-state index contributed by atoms with van der Waals surface area (Å²) >= 11 is 0. The molecule has 1 aliphatic carbocycles. The lowest BCUT2D eigenvalue weighted by Crippen LogP contribution is -2.21. The second-order valence-electron chi connectivity index (χ2n) is 5.99. The Labute approximate surface area is 182 Å². The van der Waals surface area contributed by atoms with Crippen LogP contribution < -0.4 is 16.8 Å². The highest BCUT2D eigenvalue weighted by molar-refractivity contribution is 6.07. The van der Waals surface area contributed by atoms with Crippen LogP contribution in [0.25, 0.3) is 0 Å². The van der Waals surface area contributed by atoms with Crippen molar-refractivity contribution in [2.45, 2.75) is 40.5 Å². The molecule has 0 saturated carbocycles. The molecule has 162 valence electrons. The van der Waals surface area contributed by atoms with Crippen molar-refractivity contribution in [2.75, 3.05) is 5.73 Å². The van der Waals surface area contributed by atoms with E-state index in [1.165, 1.54) is 0 Å². The molecule has 0 amide bonds. The lowest BCUT2D eigenvalue weighted by Gasteiger charge is -2.20. The summed E-state index contributed by atoms with van der Waals surface area (Å²) in [5.41, 5.74) is 15.6. The van der Waals surface area contributed by atoms with Gasteiger partial charge in [0, 0.05) is 39.8 Å². The van der Waals surface area contributed by atoms with Crippen molar-refractivity contribution in [3.05, 3.63) is 78.2 Å². The number of hydrogen-bond donors (Lipinski definition) is 5. The van der Waals surface area contributed by atoms with Crippen LogP contribution in [0.1, 0.15) is 51.7 Å². The van der Waals surface area contributed by atoms with E-state index in [2.05, 4.69) is 31.3 Å². The number of anilines is 1. The summed E-state index contributed by atoms with van der Waals surface area (Å²) in [5.74, 6) is -0.101. The van der Waals surface area contributed by atoms with Crippen molar-refractivity contribution in [3.8, 4) is 12.8 Å². The molecular weight excluding hydrogens is 370 g/mol. The van der Waals surface area contributed by atoms with Gasteiger partial charge in [-0.25, -0.2) is 0 Å². The van der Waals surface area contributed by atoms with E-state index >= 15 is 0 Å². The fourth-order valence-electron chi connectivity index (χ4n) is 2.42. The van der Waals surface area contributed by atoms with Crippen LogP contribution >= 0.6 is 0 Å². The molecule has 0 heterocycles. The van der Waals surface area contributed by atoms with Gasteiger partial charge in [-0.3, -0.25) is 5.41 Å². The average Bonchev–Trinajstić information content (AvgIpc) is 2.77. The molecule has 0 fully saturated rings. The van der Waals surface area contributed by atoms with Gasteiger partial charge in [-0.05, 0) is 44.0 Å². The van der Waals surface area contributed by atoms with Crippen LogP contribution in [0.5, 0.6) is 0 Å². The quantitative estimate of drug-likeness (QED) is 0.144. The van der Waals surface area contributed by atoms with Gasteiger partial charge in [-0.15, -0.1) is 19.4 Å². The highest BCUT2D eigenvalue weighted by Gasteiger charge is 2.19. The Balaban J connectivity index is 0. The third-order valence-electron chi connectivity index (χ3n) is 3.84. The number of amidine groups is 1. The molecule has 0 aromatic heterocycles. The van der Waals surface area contributed by atoms with Crippen molar-refractivity contribution in [1.82, 2.24) is 5.32 Å². The Morgan fingerprint density at radius 1 is 1.30 bits per heavy atom. The number of allylic oxidation sites excluding steroid dienone is 5. The Hall–Kier alpha value is -3.52. The molecule has 0 saturated heterocycles. The molecule has 5 heteroatoms. The Kier molecular flexibility index (Phi) is 15.7. The second kappa shape index (κ2) is 16.4. The second-order valence-corrected chi connectivity index (χ2v) is 5.99. The van der Waals surface area contributed by atoms with Crippen LogP contribution in [0.4, 0.5) is 5.69 Å². The lowest BCUT2D eigenvalue weighted by molar-refractivity contribution is 0.816. The third kappa shape index (κ3) is 9.61. The lowest BCUT2D eigenvalue weighted by atomic mass is 9.88. The van der Waals surface area contributed by atoms with Gasteiger partial charge in [0.2, 0.25) is 0 Å². The van der Waals surface area contributed by atoms with Crippen LogP contribution in [0.2, 0.25) is 0 Å². The number of hydrogen-bond acceptors (Lipinski definition) is 4. The maximum absolute atomic E-state index is 8.50. The number of terminal acetylenes is 1. The first kappa shape index (κ1) is 28.7. The molecule has 0 bridgehead atoms. The summed E-state index contributed by atoms with van der Waals surface area (Å²) in [6.45, 7) is 15.2. The van der Waals surface area contributed by atoms with Crippen LogP contribution in [-0.4, -0.2) is 11.5 Å². The normalized spacial score (nSPS) is 13.4. The molecule has 0 spiro atoms. The molecule has 1 aromatic rings. The van der Waals surface area contributed by atoms with Crippen molar-refractivity contribution in [2.24, 2.45) is 11.7 Å². The SMILES string of the molecule is C#C.C=C(CC)NC1=CC(C(=N)c2cc(C(=N)N)ccc2N)CC=C1.C=CC.CC. The molecule has 5 nitrogen and oxygen atoms in total. The summed E-state index contributed by atoms with van der Waals surface area (Å²) in [6, 6.07) is 5.11. The average molecular weight is 408 g/mol.